The molecule has 0 atom stereocenters. The number of hydrogen-bond acceptors (Lipinski definition) is 3. The average Bonchev–Trinajstić information content (AvgIpc) is 2.14. The van der Waals surface area contributed by atoms with Crippen LogP contribution in [0.15, 0.2) is 0 Å². The first-order chi connectivity index (χ1) is 4.83. The Labute approximate surface area is 67.7 Å². The molecule has 1 saturated heterocycles. The van der Waals surface area contributed by atoms with E-state index in [1.807, 2.05) is 11.9 Å². The third-order valence-corrected chi connectivity index (χ3v) is 2.82. The summed E-state index contributed by atoms with van der Waals surface area (Å²) in [4.78, 5) is 2.40. The summed E-state index contributed by atoms with van der Waals surface area (Å²) in [5.74, 6) is 0. The molecule has 1 aliphatic rings. The van der Waals surface area contributed by atoms with Crippen molar-refractivity contribution in [3.8, 4) is 0 Å². The number of rotatable bonds is 1. The fourth-order valence-corrected chi connectivity index (χ4v) is 1.78. The summed E-state index contributed by atoms with van der Waals surface area (Å²) < 4.78 is 2.43. The molecule has 1 fully saturated rings. The summed E-state index contributed by atoms with van der Waals surface area (Å²) in [6.07, 6.45) is 3.47. The lowest BCUT2D eigenvalue weighted by atomic mass is 10.4. The van der Waals surface area contributed by atoms with Crippen LogP contribution >= 0.6 is 11.9 Å². The van der Waals surface area contributed by atoms with Crippen LogP contribution < -0.4 is 0 Å². The van der Waals surface area contributed by atoms with Gasteiger partial charge in [-0.2, -0.15) is 0 Å². The summed E-state index contributed by atoms with van der Waals surface area (Å²) in [6, 6.07) is 0. The van der Waals surface area contributed by atoms with Crippen molar-refractivity contribution < 1.29 is 0 Å². The lowest BCUT2D eigenvalue weighted by molar-refractivity contribution is 0.352. The van der Waals surface area contributed by atoms with Gasteiger partial charge in [0.15, 0.2) is 0 Å². The van der Waals surface area contributed by atoms with Gasteiger partial charge in [0, 0.05) is 19.6 Å². The maximum Gasteiger partial charge on any atom is 0.0217 e. The lowest BCUT2D eigenvalue weighted by Gasteiger charge is -2.15. The molecule has 0 radical (unpaired) electrons. The Balaban J connectivity index is 2.26. The highest BCUT2D eigenvalue weighted by atomic mass is 32.2. The van der Waals surface area contributed by atoms with Gasteiger partial charge in [-0.25, -0.2) is 4.31 Å². The molecular formula is C7H16N2S. The molecule has 1 heterocycles. The topological polar surface area (TPSA) is 6.48 Å². The third kappa shape index (κ3) is 2.48. The fourth-order valence-electron chi connectivity index (χ4n) is 1.21. The van der Waals surface area contributed by atoms with Crippen molar-refractivity contribution in [2.24, 2.45) is 0 Å². The van der Waals surface area contributed by atoms with Crippen LogP contribution in [-0.4, -0.2) is 48.7 Å². The minimum atomic E-state index is 1.22. The molecule has 1 rings (SSSR count). The molecule has 3 heteroatoms. The molecule has 0 aromatic heterocycles. The summed E-state index contributed by atoms with van der Waals surface area (Å²) in [5.41, 5.74) is 0. The van der Waals surface area contributed by atoms with E-state index in [0.29, 0.717) is 0 Å². The van der Waals surface area contributed by atoms with Gasteiger partial charge in [-0.15, -0.1) is 0 Å². The van der Waals surface area contributed by atoms with E-state index in [1.165, 1.54) is 32.6 Å². The molecule has 2 nitrogen and oxygen atoms in total. The third-order valence-electron chi connectivity index (χ3n) is 1.94. The molecule has 10 heavy (non-hydrogen) atoms. The van der Waals surface area contributed by atoms with E-state index in [4.69, 9.17) is 0 Å². The molecule has 0 aliphatic carbocycles. The molecule has 60 valence electrons. The first kappa shape index (κ1) is 8.37. The molecule has 0 amide bonds. The Bertz CT molecular complexity index is 97.6. The predicted octanol–water partition coefficient (Wildman–Crippen LogP) is 0.902. The van der Waals surface area contributed by atoms with E-state index in [9.17, 15) is 0 Å². The largest absolute Gasteiger partial charge is 0.305 e. The smallest absolute Gasteiger partial charge is 0.0217 e. The first-order valence-corrected chi connectivity index (χ1v) is 4.98. The second kappa shape index (κ2) is 4.21. The standard InChI is InChI=1S/C7H16N2S/c1-8-4-3-5-9(10-2)7-6-8/h3-7H2,1-2H3. The predicted molar refractivity (Wildman–Crippen MR) is 47.2 cm³/mol. The van der Waals surface area contributed by atoms with Crippen LogP contribution in [0.1, 0.15) is 6.42 Å². The lowest BCUT2D eigenvalue weighted by Crippen LogP contribution is -2.24. The second-order valence-corrected chi connectivity index (χ2v) is 3.65. The fraction of sp³-hybridized carbons (Fsp3) is 1.00. The van der Waals surface area contributed by atoms with Gasteiger partial charge in [0.1, 0.15) is 0 Å². The summed E-state index contributed by atoms with van der Waals surface area (Å²) >= 11 is 1.87. The van der Waals surface area contributed by atoms with Crippen molar-refractivity contribution in [1.82, 2.24) is 9.21 Å². The van der Waals surface area contributed by atoms with E-state index in [0.717, 1.165) is 0 Å². The van der Waals surface area contributed by atoms with Crippen molar-refractivity contribution in [2.75, 3.05) is 39.5 Å². The highest BCUT2D eigenvalue weighted by Crippen LogP contribution is 2.08. The summed E-state index contributed by atoms with van der Waals surface area (Å²) in [5, 5.41) is 0. The maximum absolute atomic E-state index is 2.43. The monoisotopic (exact) mass is 160 g/mol. The van der Waals surface area contributed by atoms with Crippen LogP contribution in [-0.2, 0) is 0 Å². The Morgan fingerprint density at radius 3 is 2.60 bits per heavy atom. The van der Waals surface area contributed by atoms with E-state index in [1.54, 1.807) is 0 Å². The molecular weight excluding hydrogens is 144 g/mol. The van der Waals surface area contributed by atoms with Crippen LogP contribution in [0.25, 0.3) is 0 Å². The van der Waals surface area contributed by atoms with Crippen LogP contribution in [0.2, 0.25) is 0 Å². The van der Waals surface area contributed by atoms with Gasteiger partial charge in [0.05, 0.1) is 0 Å². The van der Waals surface area contributed by atoms with Crippen molar-refractivity contribution in [2.45, 2.75) is 6.42 Å². The van der Waals surface area contributed by atoms with Crippen LogP contribution in [0.5, 0.6) is 0 Å². The van der Waals surface area contributed by atoms with Gasteiger partial charge in [-0.1, -0.05) is 11.9 Å². The Morgan fingerprint density at radius 2 is 1.90 bits per heavy atom. The summed E-state index contributed by atoms with van der Waals surface area (Å²) in [6.45, 7) is 4.96. The van der Waals surface area contributed by atoms with Gasteiger partial charge in [0.2, 0.25) is 0 Å². The molecule has 0 unspecified atom stereocenters. The zero-order valence-electron chi connectivity index (χ0n) is 6.84. The number of likely N-dealkylation sites (N-methyl/N-ethyl adjacent to an activating group) is 1. The molecule has 0 aromatic rings. The van der Waals surface area contributed by atoms with E-state index >= 15 is 0 Å². The molecule has 1 aliphatic heterocycles. The normalized spacial score (nSPS) is 24.6. The number of nitrogens with zero attached hydrogens (tertiary/aromatic N) is 2. The quantitative estimate of drug-likeness (QED) is 0.526. The van der Waals surface area contributed by atoms with Gasteiger partial charge in [-0.05, 0) is 26.3 Å². The molecule has 0 bridgehead atoms. The Kier molecular flexibility index (Phi) is 3.52. The van der Waals surface area contributed by atoms with Gasteiger partial charge in [-0.3, -0.25) is 0 Å². The van der Waals surface area contributed by atoms with Gasteiger partial charge >= 0.3 is 0 Å². The van der Waals surface area contributed by atoms with Crippen molar-refractivity contribution >= 4 is 11.9 Å². The van der Waals surface area contributed by atoms with Crippen molar-refractivity contribution in [3.05, 3.63) is 0 Å². The van der Waals surface area contributed by atoms with E-state index < -0.39 is 0 Å². The molecule has 0 N–H and O–H groups in total. The Morgan fingerprint density at radius 1 is 1.10 bits per heavy atom. The molecule has 0 aromatic carbocycles. The Hall–Kier alpha value is 0.270. The van der Waals surface area contributed by atoms with Crippen molar-refractivity contribution in [3.63, 3.8) is 0 Å². The first-order valence-electron chi connectivity index (χ1n) is 3.80. The molecule has 0 saturated carbocycles. The maximum atomic E-state index is 2.43. The van der Waals surface area contributed by atoms with Gasteiger partial charge in [0.25, 0.3) is 0 Å². The SMILES string of the molecule is CSN1CCCN(C)CC1. The zero-order chi connectivity index (χ0) is 7.40. The number of hydrogen-bond donors (Lipinski definition) is 0. The van der Waals surface area contributed by atoms with Crippen LogP contribution in [0, 0.1) is 0 Å². The highest BCUT2D eigenvalue weighted by Gasteiger charge is 2.09. The summed E-state index contributed by atoms with van der Waals surface area (Å²) in [7, 11) is 2.20. The molecule has 0 spiro atoms. The van der Waals surface area contributed by atoms with Crippen LogP contribution in [0.3, 0.4) is 0 Å². The van der Waals surface area contributed by atoms with Gasteiger partial charge < -0.3 is 4.90 Å². The highest BCUT2D eigenvalue weighted by molar-refractivity contribution is 7.96. The van der Waals surface area contributed by atoms with Crippen LogP contribution in [0.4, 0.5) is 0 Å². The minimum absolute atomic E-state index is 1.22. The minimum Gasteiger partial charge on any atom is -0.305 e. The van der Waals surface area contributed by atoms with E-state index in [-0.39, 0.29) is 0 Å². The van der Waals surface area contributed by atoms with Crippen molar-refractivity contribution in [1.29, 1.82) is 0 Å². The zero-order valence-corrected chi connectivity index (χ0v) is 7.65. The average molecular weight is 160 g/mol. The second-order valence-electron chi connectivity index (χ2n) is 2.77. The van der Waals surface area contributed by atoms with E-state index in [2.05, 4.69) is 22.5 Å².